The molecule has 126 valence electrons. The monoisotopic (exact) mass is 340 g/mol. The van der Waals surface area contributed by atoms with Gasteiger partial charge in [0.2, 0.25) is 15.9 Å². The first-order chi connectivity index (χ1) is 10.9. The molecule has 1 amide bonds. The fraction of sp³-hybridized carbons (Fsp3) is 0.467. The van der Waals surface area contributed by atoms with E-state index in [1.54, 1.807) is 11.8 Å². The van der Waals surface area contributed by atoms with Crippen LogP contribution in [0, 0.1) is 0 Å². The van der Waals surface area contributed by atoms with Crippen molar-refractivity contribution in [2.45, 2.75) is 18.7 Å². The van der Waals surface area contributed by atoms with Crippen LogP contribution >= 0.6 is 0 Å². The van der Waals surface area contributed by atoms with Crippen LogP contribution in [0.5, 0.6) is 0 Å². The quantitative estimate of drug-likeness (QED) is 0.754. The third-order valence-corrected chi connectivity index (χ3v) is 5.56. The number of carbonyl (C=O) groups excluding carboxylic acids is 2. The van der Waals surface area contributed by atoms with Gasteiger partial charge in [0, 0.05) is 33.1 Å². The molecule has 0 radical (unpaired) electrons. The molecular weight excluding hydrogens is 320 g/mol. The van der Waals surface area contributed by atoms with Crippen molar-refractivity contribution in [1.82, 2.24) is 9.21 Å². The van der Waals surface area contributed by atoms with E-state index in [0.717, 1.165) is 0 Å². The van der Waals surface area contributed by atoms with Crippen LogP contribution in [-0.2, 0) is 19.6 Å². The van der Waals surface area contributed by atoms with Gasteiger partial charge in [-0.25, -0.2) is 13.2 Å². The summed E-state index contributed by atoms with van der Waals surface area (Å²) in [7, 11) is -3.69. The zero-order valence-corrected chi connectivity index (χ0v) is 14.0. The van der Waals surface area contributed by atoms with Crippen LogP contribution in [0.25, 0.3) is 0 Å². The van der Waals surface area contributed by atoms with E-state index in [4.69, 9.17) is 4.74 Å². The highest BCUT2D eigenvalue weighted by Gasteiger charge is 2.29. The summed E-state index contributed by atoms with van der Waals surface area (Å²) in [6, 6.07) is 5.82. The molecule has 0 atom stereocenters. The summed E-state index contributed by atoms with van der Waals surface area (Å²) in [4.78, 5) is 24.7. The molecule has 1 aromatic carbocycles. The largest absolute Gasteiger partial charge is 0.462 e. The first-order valence-electron chi connectivity index (χ1n) is 7.39. The normalized spacial score (nSPS) is 16.2. The summed E-state index contributed by atoms with van der Waals surface area (Å²) in [6.45, 7) is 4.60. The topological polar surface area (TPSA) is 84.0 Å². The number of sulfonamides is 1. The van der Waals surface area contributed by atoms with Gasteiger partial charge < -0.3 is 9.64 Å². The summed E-state index contributed by atoms with van der Waals surface area (Å²) in [5.74, 6) is -0.614. The molecule has 2 rings (SSSR count). The van der Waals surface area contributed by atoms with Crippen LogP contribution in [-0.4, -0.2) is 62.3 Å². The summed E-state index contributed by atoms with van der Waals surface area (Å²) in [5.41, 5.74) is 0.204. The third kappa shape index (κ3) is 3.89. The lowest BCUT2D eigenvalue weighted by Gasteiger charge is -2.33. The van der Waals surface area contributed by atoms with Gasteiger partial charge in [-0.05, 0) is 25.1 Å². The predicted octanol–water partition coefficient (Wildman–Crippen LogP) is 0.716. The number of rotatable bonds is 4. The van der Waals surface area contributed by atoms with Crippen molar-refractivity contribution in [3.63, 3.8) is 0 Å². The summed E-state index contributed by atoms with van der Waals surface area (Å²) in [6.07, 6.45) is 0. The van der Waals surface area contributed by atoms with Crippen molar-refractivity contribution in [3.05, 3.63) is 29.8 Å². The van der Waals surface area contributed by atoms with E-state index in [1.807, 2.05) is 0 Å². The van der Waals surface area contributed by atoms with Crippen LogP contribution in [0.1, 0.15) is 24.2 Å². The Morgan fingerprint density at radius 1 is 1.17 bits per heavy atom. The Bertz CT molecular complexity index is 694. The number of piperazine rings is 1. The fourth-order valence-electron chi connectivity index (χ4n) is 2.39. The molecule has 0 unspecified atom stereocenters. The number of esters is 1. The van der Waals surface area contributed by atoms with Gasteiger partial charge in [0.05, 0.1) is 17.1 Å². The number of hydrogen-bond acceptors (Lipinski definition) is 5. The molecule has 1 aromatic rings. The van der Waals surface area contributed by atoms with Crippen molar-refractivity contribution in [3.8, 4) is 0 Å². The van der Waals surface area contributed by atoms with Crippen molar-refractivity contribution < 1.29 is 22.7 Å². The maximum Gasteiger partial charge on any atom is 0.338 e. The summed E-state index contributed by atoms with van der Waals surface area (Å²) >= 11 is 0. The second kappa shape index (κ2) is 7.10. The lowest BCUT2D eigenvalue weighted by Crippen LogP contribution is -2.49. The average Bonchev–Trinajstić information content (AvgIpc) is 2.55. The molecule has 1 heterocycles. The maximum absolute atomic E-state index is 12.7. The van der Waals surface area contributed by atoms with E-state index in [2.05, 4.69) is 0 Å². The first-order valence-corrected chi connectivity index (χ1v) is 8.83. The number of benzene rings is 1. The van der Waals surface area contributed by atoms with Gasteiger partial charge in [-0.15, -0.1) is 0 Å². The van der Waals surface area contributed by atoms with Gasteiger partial charge in [0.1, 0.15) is 0 Å². The van der Waals surface area contributed by atoms with Gasteiger partial charge >= 0.3 is 5.97 Å². The molecule has 7 nitrogen and oxygen atoms in total. The highest BCUT2D eigenvalue weighted by atomic mass is 32.2. The summed E-state index contributed by atoms with van der Waals surface area (Å²) < 4.78 is 31.6. The lowest BCUT2D eigenvalue weighted by molar-refractivity contribution is -0.129. The number of ether oxygens (including phenoxy) is 1. The molecule has 1 saturated heterocycles. The van der Waals surface area contributed by atoms with Crippen LogP contribution in [0.4, 0.5) is 0 Å². The van der Waals surface area contributed by atoms with Crippen LogP contribution < -0.4 is 0 Å². The predicted molar refractivity (Wildman–Crippen MR) is 83.4 cm³/mol. The van der Waals surface area contributed by atoms with Gasteiger partial charge in [-0.2, -0.15) is 4.31 Å². The van der Waals surface area contributed by atoms with Crippen LogP contribution in [0.15, 0.2) is 29.2 Å². The minimum Gasteiger partial charge on any atom is -0.462 e. The maximum atomic E-state index is 12.7. The SMILES string of the molecule is CCOC(=O)c1cccc(S(=O)(=O)N2CCN(C(C)=O)CC2)c1. The van der Waals surface area contributed by atoms with Crippen molar-refractivity contribution in [2.75, 3.05) is 32.8 Å². The minimum absolute atomic E-state index is 0.0549. The molecule has 0 spiro atoms. The Morgan fingerprint density at radius 2 is 1.83 bits per heavy atom. The van der Waals surface area contributed by atoms with Crippen LogP contribution in [0.2, 0.25) is 0 Å². The number of amides is 1. The van der Waals surface area contributed by atoms with E-state index >= 15 is 0 Å². The molecule has 1 aliphatic rings. The molecule has 0 N–H and O–H groups in total. The minimum atomic E-state index is -3.69. The van der Waals surface area contributed by atoms with E-state index in [-0.39, 0.29) is 36.1 Å². The van der Waals surface area contributed by atoms with E-state index in [9.17, 15) is 18.0 Å². The number of nitrogens with zero attached hydrogens (tertiary/aromatic N) is 2. The molecule has 0 saturated carbocycles. The standard InChI is InChI=1S/C15H20N2O5S/c1-3-22-15(19)13-5-4-6-14(11-13)23(20,21)17-9-7-16(8-10-17)12(2)18/h4-6,11H,3,7-10H2,1-2H3. The Kier molecular flexibility index (Phi) is 5.38. The first kappa shape index (κ1) is 17.4. The smallest absolute Gasteiger partial charge is 0.338 e. The number of carbonyl (C=O) groups is 2. The van der Waals surface area contributed by atoms with Crippen molar-refractivity contribution >= 4 is 21.9 Å². The van der Waals surface area contributed by atoms with Gasteiger partial charge in [0.25, 0.3) is 0 Å². The van der Waals surface area contributed by atoms with E-state index in [1.165, 1.54) is 35.5 Å². The van der Waals surface area contributed by atoms with Crippen LogP contribution in [0.3, 0.4) is 0 Å². The van der Waals surface area contributed by atoms with Crippen molar-refractivity contribution in [2.24, 2.45) is 0 Å². The Morgan fingerprint density at radius 3 is 2.39 bits per heavy atom. The molecule has 23 heavy (non-hydrogen) atoms. The fourth-order valence-corrected chi connectivity index (χ4v) is 3.86. The highest BCUT2D eigenvalue weighted by molar-refractivity contribution is 7.89. The summed E-state index contributed by atoms with van der Waals surface area (Å²) in [5, 5.41) is 0. The molecule has 0 bridgehead atoms. The molecular formula is C15H20N2O5S. The Labute approximate surface area is 135 Å². The zero-order chi connectivity index (χ0) is 17.0. The molecule has 1 aliphatic heterocycles. The van der Waals surface area contributed by atoms with Gasteiger partial charge in [-0.3, -0.25) is 4.79 Å². The molecule has 1 fully saturated rings. The molecule has 8 heteroatoms. The van der Waals surface area contributed by atoms with Gasteiger partial charge in [0.15, 0.2) is 0 Å². The average molecular weight is 340 g/mol. The Hall–Kier alpha value is -1.93. The third-order valence-electron chi connectivity index (χ3n) is 3.67. The second-order valence-corrected chi connectivity index (χ2v) is 7.10. The van der Waals surface area contributed by atoms with Crippen molar-refractivity contribution in [1.29, 1.82) is 0 Å². The Balaban J connectivity index is 2.19. The van der Waals surface area contributed by atoms with E-state index < -0.39 is 16.0 Å². The molecule has 0 aliphatic carbocycles. The zero-order valence-electron chi connectivity index (χ0n) is 13.2. The lowest BCUT2D eigenvalue weighted by atomic mass is 10.2. The highest BCUT2D eigenvalue weighted by Crippen LogP contribution is 2.19. The van der Waals surface area contributed by atoms with E-state index in [0.29, 0.717) is 13.1 Å². The van der Waals surface area contributed by atoms with Gasteiger partial charge in [-0.1, -0.05) is 6.07 Å². The number of hydrogen-bond donors (Lipinski definition) is 0. The second-order valence-electron chi connectivity index (χ2n) is 5.16. The molecule has 0 aromatic heterocycles.